The lowest BCUT2D eigenvalue weighted by Gasteiger charge is -2.30. The zero-order chi connectivity index (χ0) is 25.7. The minimum absolute atomic E-state index is 0.313. The summed E-state index contributed by atoms with van der Waals surface area (Å²) in [5.74, 6) is 0. The summed E-state index contributed by atoms with van der Waals surface area (Å²) in [7, 11) is 0. The van der Waals surface area contributed by atoms with Crippen LogP contribution in [-0.2, 0) is 12.8 Å². The van der Waals surface area contributed by atoms with Gasteiger partial charge in [-0.25, -0.2) is 4.98 Å². The zero-order valence-electron chi connectivity index (χ0n) is 20.2. The molecular formula is C27H29F6N. The summed E-state index contributed by atoms with van der Waals surface area (Å²) in [6.07, 6.45) is -9.64. The summed E-state index contributed by atoms with van der Waals surface area (Å²) in [6, 6.07) is 12.4. The van der Waals surface area contributed by atoms with Gasteiger partial charge in [0.05, 0.1) is 22.0 Å². The van der Waals surface area contributed by atoms with Crippen LogP contribution >= 0.6 is 0 Å². The van der Waals surface area contributed by atoms with Crippen LogP contribution in [0.2, 0.25) is 0 Å². The van der Waals surface area contributed by atoms with E-state index in [1.54, 1.807) is 18.2 Å². The van der Waals surface area contributed by atoms with E-state index in [1.807, 2.05) is 32.0 Å². The molecule has 0 unspecified atom stereocenters. The summed E-state index contributed by atoms with van der Waals surface area (Å²) >= 11 is 0. The molecular weight excluding hydrogens is 452 g/mol. The van der Waals surface area contributed by atoms with Crippen molar-refractivity contribution in [3.63, 3.8) is 0 Å². The van der Waals surface area contributed by atoms with Crippen LogP contribution in [0.1, 0.15) is 49.9 Å². The van der Waals surface area contributed by atoms with Gasteiger partial charge in [0.15, 0.2) is 0 Å². The molecule has 0 saturated carbocycles. The lowest BCUT2D eigenvalue weighted by Crippen LogP contribution is -2.35. The predicted octanol–water partition coefficient (Wildman–Crippen LogP) is 8.78. The van der Waals surface area contributed by atoms with Gasteiger partial charge >= 0.3 is 12.4 Å². The van der Waals surface area contributed by atoms with Gasteiger partial charge in [0, 0.05) is 10.9 Å². The van der Waals surface area contributed by atoms with Crippen molar-refractivity contribution in [3.05, 3.63) is 64.7 Å². The molecule has 0 aliphatic rings. The zero-order valence-corrected chi connectivity index (χ0v) is 20.2. The highest BCUT2D eigenvalue weighted by molar-refractivity contribution is 5.85. The fraction of sp³-hybridized carbons (Fsp3) is 0.444. The third-order valence-electron chi connectivity index (χ3n) is 6.28. The number of benzene rings is 2. The monoisotopic (exact) mass is 481 g/mol. The summed E-state index contributed by atoms with van der Waals surface area (Å²) in [5.41, 5.74) is 0.480. The Balaban J connectivity index is 2.20. The van der Waals surface area contributed by atoms with Crippen LogP contribution in [0.5, 0.6) is 0 Å². The Morgan fingerprint density at radius 1 is 0.676 bits per heavy atom. The normalized spacial score (nSPS) is 13.5. The number of fused-ring (bicyclic) bond motifs is 1. The maximum Gasteiger partial charge on any atom is 0.394 e. The maximum absolute atomic E-state index is 13.6. The standard InChI is InChI=1S/C27H29F6N/c1-16-9-17(2)11-19(10-16)22-8-7-21-20(15-25(5,6)27(31,32)33)12-18(13-23(21)34-22)14-24(3,4)26(28,29)30/h7-13H,14-15H2,1-6H3. The number of nitrogens with zero attached hydrogens (tertiary/aromatic N) is 1. The second-order valence-electron chi connectivity index (χ2n) is 10.5. The number of halogens is 6. The van der Waals surface area contributed by atoms with E-state index in [1.165, 1.54) is 6.07 Å². The van der Waals surface area contributed by atoms with Crippen molar-refractivity contribution in [1.82, 2.24) is 4.98 Å². The number of aryl methyl sites for hydroxylation is 2. The van der Waals surface area contributed by atoms with Gasteiger partial charge in [0.2, 0.25) is 0 Å². The van der Waals surface area contributed by atoms with Crippen molar-refractivity contribution in [1.29, 1.82) is 0 Å². The first-order chi connectivity index (χ1) is 15.4. The molecule has 1 aromatic heterocycles. The van der Waals surface area contributed by atoms with Crippen LogP contribution < -0.4 is 0 Å². The summed E-state index contributed by atoms with van der Waals surface area (Å²) in [5, 5.41) is 0.513. The van der Waals surface area contributed by atoms with Crippen LogP contribution in [0, 0.1) is 24.7 Å². The molecule has 0 atom stereocenters. The van der Waals surface area contributed by atoms with Gasteiger partial charge in [0.25, 0.3) is 0 Å². The first-order valence-electron chi connectivity index (χ1n) is 11.0. The Hall–Kier alpha value is -2.57. The summed E-state index contributed by atoms with van der Waals surface area (Å²) in [4.78, 5) is 4.67. The molecule has 7 heteroatoms. The number of hydrogen-bond donors (Lipinski definition) is 0. The minimum atomic E-state index is -4.47. The lowest BCUT2D eigenvalue weighted by molar-refractivity contribution is -0.211. The molecule has 0 radical (unpaired) electrons. The van der Waals surface area contributed by atoms with Crippen molar-refractivity contribution >= 4 is 10.9 Å². The predicted molar refractivity (Wildman–Crippen MR) is 124 cm³/mol. The molecule has 1 nitrogen and oxygen atoms in total. The largest absolute Gasteiger partial charge is 0.394 e. The fourth-order valence-corrected chi connectivity index (χ4v) is 4.09. The topological polar surface area (TPSA) is 12.9 Å². The Kier molecular flexibility index (Phi) is 6.57. The molecule has 0 fully saturated rings. The van der Waals surface area contributed by atoms with Crippen LogP contribution in [0.3, 0.4) is 0 Å². The molecule has 3 rings (SSSR count). The highest BCUT2D eigenvalue weighted by Crippen LogP contribution is 2.43. The molecule has 184 valence electrons. The first kappa shape index (κ1) is 26.0. The van der Waals surface area contributed by atoms with Gasteiger partial charge in [-0.1, -0.05) is 57.0 Å². The molecule has 0 aliphatic carbocycles. The second kappa shape index (κ2) is 8.58. The van der Waals surface area contributed by atoms with E-state index in [4.69, 9.17) is 0 Å². The minimum Gasteiger partial charge on any atom is -0.248 e. The van der Waals surface area contributed by atoms with Gasteiger partial charge in [-0.3, -0.25) is 0 Å². The van der Waals surface area contributed by atoms with Gasteiger partial charge < -0.3 is 0 Å². The quantitative estimate of drug-likeness (QED) is 0.332. The molecule has 0 spiro atoms. The molecule has 2 aromatic carbocycles. The van der Waals surface area contributed by atoms with E-state index in [0.29, 0.717) is 27.7 Å². The Bertz CT molecular complexity index is 1180. The summed E-state index contributed by atoms with van der Waals surface area (Å²) in [6.45, 7) is 8.29. The lowest BCUT2D eigenvalue weighted by atomic mass is 9.81. The SMILES string of the molecule is Cc1cc(C)cc(-c2ccc3c(CC(C)(C)C(F)(F)F)cc(CC(C)(C)C(F)(F)F)cc3n2)c1. The van der Waals surface area contributed by atoms with Crippen LogP contribution in [-0.4, -0.2) is 17.3 Å². The van der Waals surface area contributed by atoms with Crippen LogP contribution in [0.15, 0.2) is 42.5 Å². The van der Waals surface area contributed by atoms with Crippen molar-refractivity contribution in [3.8, 4) is 11.3 Å². The molecule has 34 heavy (non-hydrogen) atoms. The molecule has 0 amide bonds. The van der Waals surface area contributed by atoms with E-state index in [9.17, 15) is 26.3 Å². The average Bonchev–Trinajstić information content (AvgIpc) is 2.64. The summed E-state index contributed by atoms with van der Waals surface area (Å²) < 4.78 is 81.6. The number of alkyl halides is 6. The van der Waals surface area contributed by atoms with E-state index in [2.05, 4.69) is 4.98 Å². The van der Waals surface area contributed by atoms with Gasteiger partial charge in [-0.2, -0.15) is 26.3 Å². The molecule has 0 N–H and O–H groups in total. The van der Waals surface area contributed by atoms with Crippen molar-refractivity contribution in [2.45, 2.75) is 66.7 Å². The Labute approximate surface area is 196 Å². The fourth-order valence-electron chi connectivity index (χ4n) is 4.09. The van der Waals surface area contributed by atoms with E-state index in [-0.39, 0.29) is 12.8 Å². The second-order valence-corrected chi connectivity index (χ2v) is 10.5. The average molecular weight is 482 g/mol. The van der Waals surface area contributed by atoms with E-state index < -0.39 is 23.2 Å². The number of rotatable bonds is 5. The van der Waals surface area contributed by atoms with Crippen molar-refractivity contribution in [2.75, 3.05) is 0 Å². The molecule has 0 bridgehead atoms. The van der Waals surface area contributed by atoms with E-state index in [0.717, 1.165) is 44.4 Å². The van der Waals surface area contributed by atoms with Crippen LogP contribution in [0.25, 0.3) is 22.2 Å². The number of aromatic nitrogens is 1. The molecule has 1 heterocycles. The van der Waals surface area contributed by atoms with Gasteiger partial charge in [-0.15, -0.1) is 0 Å². The molecule has 0 aliphatic heterocycles. The molecule has 3 aromatic rings. The highest BCUT2D eigenvalue weighted by Gasteiger charge is 2.48. The number of pyridine rings is 1. The van der Waals surface area contributed by atoms with Gasteiger partial charge in [-0.05, 0) is 62.1 Å². The molecule has 0 saturated heterocycles. The highest BCUT2D eigenvalue weighted by atomic mass is 19.4. The van der Waals surface area contributed by atoms with Crippen LogP contribution in [0.4, 0.5) is 26.3 Å². The Morgan fingerprint density at radius 3 is 1.74 bits per heavy atom. The number of hydrogen-bond acceptors (Lipinski definition) is 1. The third-order valence-corrected chi connectivity index (χ3v) is 6.28. The van der Waals surface area contributed by atoms with E-state index >= 15 is 0 Å². The smallest absolute Gasteiger partial charge is 0.248 e. The van der Waals surface area contributed by atoms with Crippen molar-refractivity contribution < 1.29 is 26.3 Å². The van der Waals surface area contributed by atoms with Crippen molar-refractivity contribution in [2.24, 2.45) is 10.8 Å². The third kappa shape index (κ3) is 5.39. The Morgan fingerprint density at radius 2 is 1.21 bits per heavy atom. The first-order valence-corrected chi connectivity index (χ1v) is 11.0. The van der Waals surface area contributed by atoms with Gasteiger partial charge in [0.1, 0.15) is 0 Å². The maximum atomic E-state index is 13.6.